The molecule has 13 heavy (non-hydrogen) atoms. The molecule has 0 spiro atoms. The van der Waals surface area contributed by atoms with Gasteiger partial charge in [-0.3, -0.25) is 4.79 Å². The van der Waals surface area contributed by atoms with E-state index in [2.05, 4.69) is 9.82 Å². The van der Waals surface area contributed by atoms with Gasteiger partial charge in [0.25, 0.3) is 5.91 Å². The molecule has 0 fully saturated rings. The predicted octanol–water partition coefficient (Wildman–Crippen LogP) is 0.0359. The molecule has 0 unspecified atom stereocenters. The number of nitrogens with two attached hydrogens (primary N) is 1. The fraction of sp³-hybridized carbons (Fsp3) is 0.250. The van der Waals surface area contributed by atoms with Crippen LogP contribution in [-0.2, 0) is 0 Å². The van der Waals surface area contributed by atoms with Crippen LogP contribution in [0.3, 0.4) is 0 Å². The quantitative estimate of drug-likeness (QED) is 0.654. The fourth-order valence-electron chi connectivity index (χ4n) is 0.835. The van der Waals surface area contributed by atoms with Crippen molar-refractivity contribution in [3.8, 4) is 5.88 Å². The summed E-state index contributed by atoms with van der Waals surface area (Å²) in [6.07, 6.45) is 1.42. The second-order valence-electron chi connectivity index (χ2n) is 2.70. The van der Waals surface area contributed by atoms with Crippen molar-refractivity contribution in [1.82, 2.24) is 9.88 Å². The van der Waals surface area contributed by atoms with Crippen molar-refractivity contribution in [3.63, 3.8) is 0 Å². The Bertz CT molecular complexity index is 295. The second kappa shape index (κ2) is 3.86. The maximum Gasteiger partial charge on any atom is 0.254 e. The molecule has 0 bridgehead atoms. The number of rotatable bonds is 2. The number of hydrogen-bond acceptors (Lipinski definition) is 4. The maximum atomic E-state index is 11.4. The summed E-state index contributed by atoms with van der Waals surface area (Å²) in [5.41, 5.74) is 0.505. The number of hydrogen-bond donors (Lipinski definition) is 1. The zero-order chi connectivity index (χ0) is 9.84. The van der Waals surface area contributed by atoms with Gasteiger partial charge in [-0.2, -0.15) is 5.90 Å². The summed E-state index contributed by atoms with van der Waals surface area (Å²) in [4.78, 5) is 21.0. The molecule has 0 saturated heterocycles. The minimum atomic E-state index is -0.101. The molecule has 0 radical (unpaired) electrons. The average molecular weight is 181 g/mol. The Morgan fingerprint density at radius 2 is 2.23 bits per heavy atom. The van der Waals surface area contributed by atoms with Crippen molar-refractivity contribution in [2.75, 3.05) is 14.1 Å². The first-order valence-electron chi connectivity index (χ1n) is 3.69. The Balaban J connectivity index is 2.86. The van der Waals surface area contributed by atoms with Gasteiger partial charge in [-0.05, 0) is 6.07 Å². The highest BCUT2D eigenvalue weighted by Crippen LogP contribution is 2.06. The van der Waals surface area contributed by atoms with Crippen molar-refractivity contribution in [2.24, 2.45) is 5.90 Å². The molecule has 1 heterocycles. The number of carbonyl (C=O) groups excluding carboxylic acids is 1. The highest BCUT2D eigenvalue weighted by molar-refractivity contribution is 5.93. The number of carbonyl (C=O) groups is 1. The van der Waals surface area contributed by atoms with Gasteiger partial charge in [0.15, 0.2) is 0 Å². The van der Waals surface area contributed by atoms with Crippen LogP contribution in [0.15, 0.2) is 18.3 Å². The summed E-state index contributed by atoms with van der Waals surface area (Å²) in [7, 11) is 3.35. The molecule has 1 amide bonds. The minimum Gasteiger partial charge on any atom is -0.391 e. The molecule has 1 aromatic rings. The lowest BCUT2D eigenvalue weighted by Crippen LogP contribution is -2.21. The monoisotopic (exact) mass is 181 g/mol. The SMILES string of the molecule is CN(C)C(=O)c1ccc(ON)nc1. The molecular formula is C8H11N3O2. The third kappa shape index (κ3) is 2.16. The van der Waals surface area contributed by atoms with Crippen LogP contribution in [0, 0.1) is 0 Å². The van der Waals surface area contributed by atoms with E-state index < -0.39 is 0 Å². The van der Waals surface area contributed by atoms with E-state index in [4.69, 9.17) is 5.90 Å². The summed E-state index contributed by atoms with van der Waals surface area (Å²) in [6, 6.07) is 3.15. The fourth-order valence-corrected chi connectivity index (χ4v) is 0.835. The molecule has 5 heteroatoms. The van der Waals surface area contributed by atoms with E-state index in [1.54, 1.807) is 20.2 Å². The molecule has 0 aliphatic heterocycles. The Labute approximate surface area is 76.1 Å². The molecular weight excluding hydrogens is 170 g/mol. The summed E-state index contributed by atoms with van der Waals surface area (Å²) < 4.78 is 0. The summed E-state index contributed by atoms with van der Waals surface area (Å²) >= 11 is 0. The number of aromatic nitrogens is 1. The second-order valence-corrected chi connectivity index (χ2v) is 2.70. The van der Waals surface area contributed by atoms with Crippen LogP contribution >= 0.6 is 0 Å². The highest BCUT2D eigenvalue weighted by atomic mass is 16.6. The molecule has 0 aromatic carbocycles. The van der Waals surface area contributed by atoms with Crippen LogP contribution in [0.25, 0.3) is 0 Å². The Hall–Kier alpha value is -1.62. The Morgan fingerprint density at radius 1 is 1.54 bits per heavy atom. The molecule has 70 valence electrons. The molecule has 2 N–H and O–H groups in total. The first kappa shape index (κ1) is 9.47. The summed E-state index contributed by atoms with van der Waals surface area (Å²) in [6.45, 7) is 0. The van der Waals surface area contributed by atoms with E-state index in [0.717, 1.165) is 0 Å². The maximum absolute atomic E-state index is 11.4. The molecule has 0 aliphatic carbocycles. The van der Waals surface area contributed by atoms with Crippen LogP contribution in [0.2, 0.25) is 0 Å². The first-order valence-corrected chi connectivity index (χ1v) is 3.69. The van der Waals surface area contributed by atoms with Crippen molar-refractivity contribution in [3.05, 3.63) is 23.9 Å². The van der Waals surface area contributed by atoms with Crippen molar-refractivity contribution >= 4 is 5.91 Å². The van der Waals surface area contributed by atoms with Gasteiger partial charge in [-0.25, -0.2) is 4.98 Å². The lowest BCUT2D eigenvalue weighted by molar-refractivity contribution is 0.0827. The molecule has 0 aliphatic rings. The van der Waals surface area contributed by atoms with Crippen molar-refractivity contribution in [1.29, 1.82) is 0 Å². The Kier molecular flexibility index (Phi) is 2.81. The zero-order valence-electron chi connectivity index (χ0n) is 7.52. The Morgan fingerprint density at radius 3 is 2.62 bits per heavy atom. The van der Waals surface area contributed by atoms with Crippen LogP contribution in [0.5, 0.6) is 5.88 Å². The van der Waals surface area contributed by atoms with Gasteiger partial charge in [0.05, 0.1) is 5.56 Å². The number of amides is 1. The molecule has 5 nitrogen and oxygen atoms in total. The van der Waals surface area contributed by atoms with Gasteiger partial charge in [-0.15, -0.1) is 0 Å². The van der Waals surface area contributed by atoms with Gasteiger partial charge in [0, 0.05) is 26.4 Å². The third-order valence-corrected chi connectivity index (χ3v) is 1.51. The standard InChI is InChI=1S/C8H11N3O2/c1-11(2)8(12)6-3-4-7(13-9)10-5-6/h3-5H,9H2,1-2H3. The predicted molar refractivity (Wildman–Crippen MR) is 47.1 cm³/mol. The normalized spacial score (nSPS) is 9.46. The average Bonchev–Trinajstić information content (AvgIpc) is 2.17. The molecule has 0 atom stereocenters. The summed E-state index contributed by atoms with van der Waals surface area (Å²) in [5, 5.41) is 0. The van der Waals surface area contributed by atoms with Gasteiger partial charge in [0.2, 0.25) is 5.88 Å². The third-order valence-electron chi connectivity index (χ3n) is 1.51. The van der Waals surface area contributed by atoms with Crippen LogP contribution in [-0.4, -0.2) is 29.9 Å². The largest absolute Gasteiger partial charge is 0.391 e. The van der Waals surface area contributed by atoms with E-state index in [1.807, 2.05) is 0 Å². The van der Waals surface area contributed by atoms with Gasteiger partial charge < -0.3 is 9.74 Å². The van der Waals surface area contributed by atoms with E-state index in [-0.39, 0.29) is 11.8 Å². The lowest BCUT2D eigenvalue weighted by Gasteiger charge is -2.09. The van der Waals surface area contributed by atoms with E-state index in [0.29, 0.717) is 5.56 Å². The first-order chi connectivity index (χ1) is 6.15. The van der Waals surface area contributed by atoms with E-state index >= 15 is 0 Å². The van der Waals surface area contributed by atoms with Crippen LogP contribution < -0.4 is 10.7 Å². The number of pyridine rings is 1. The van der Waals surface area contributed by atoms with Crippen LogP contribution in [0.1, 0.15) is 10.4 Å². The van der Waals surface area contributed by atoms with Gasteiger partial charge in [0.1, 0.15) is 0 Å². The number of nitrogens with zero attached hydrogens (tertiary/aromatic N) is 2. The molecule has 0 saturated carbocycles. The van der Waals surface area contributed by atoms with Crippen LogP contribution in [0.4, 0.5) is 0 Å². The van der Waals surface area contributed by atoms with Crippen molar-refractivity contribution in [2.45, 2.75) is 0 Å². The van der Waals surface area contributed by atoms with Crippen molar-refractivity contribution < 1.29 is 9.63 Å². The topological polar surface area (TPSA) is 68.5 Å². The zero-order valence-corrected chi connectivity index (χ0v) is 7.52. The summed E-state index contributed by atoms with van der Waals surface area (Å²) in [5.74, 6) is 5.06. The van der Waals surface area contributed by atoms with Gasteiger partial charge >= 0.3 is 0 Å². The van der Waals surface area contributed by atoms with E-state index in [1.165, 1.54) is 17.2 Å². The molecule has 1 aromatic heterocycles. The smallest absolute Gasteiger partial charge is 0.254 e. The highest BCUT2D eigenvalue weighted by Gasteiger charge is 2.07. The van der Waals surface area contributed by atoms with Gasteiger partial charge in [-0.1, -0.05) is 0 Å². The minimum absolute atomic E-state index is 0.101. The molecule has 1 rings (SSSR count). The lowest BCUT2D eigenvalue weighted by atomic mass is 10.2. The van der Waals surface area contributed by atoms with E-state index in [9.17, 15) is 4.79 Å².